The van der Waals surface area contributed by atoms with Crippen molar-refractivity contribution in [1.82, 2.24) is 5.32 Å². The van der Waals surface area contributed by atoms with Crippen LogP contribution in [-0.2, 0) is 9.53 Å². The summed E-state index contributed by atoms with van der Waals surface area (Å²) in [6, 6.07) is 9.50. The highest BCUT2D eigenvalue weighted by atomic mass is 16.5. The SMILES string of the molecule is C=C(NC(=O)Nc1cccc2c(O)cccc12)C(=O)OC. The number of benzene rings is 2. The van der Waals surface area contributed by atoms with Gasteiger partial charge in [0, 0.05) is 10.8 Å². The molecule has 21 heavy (non-hydrogen) atoms. The van der Waals surface area contributed by atoms with Gasteiger partial charge in [-0.25, -0.2) is 9.59 Å². The monoisotopic (exact) mass is 286 g/mol. The first-order valence-corrected chi connectivity index (χ1v) is 6.09. The van der Waals surface area contributed by atoms with Crippen molar-refractivity contribution < 1.29 is 19.4 Å². The van der Waals surface area contributed by atoms with E-state index in [0.717, 1.165) is 0 Å². The Kier molecular flexibility index (Phi) is 4.08. The highest BCUT2D eigenvalue weighted by molar-refractivity contribution is 6.05. The van der Waals surface area contributed by atoms with Gasteiger partial charge in [0.15, 0.2) is 0 Å². The second-order valence-electron chi connectivity index (χ2n) is 4.23. The van der Waals surface area contributed by atoms with E-state index in [0.29, 0.717) is 16.5 Å². The number of ether oxygens (including phenoxy) is 1. The van der Waals surface area contributed by atoms with Gasteiger partial charge in [0.1, 0.15) is 11.4 Å². The fourth-order valence-corrected chi connectivity index (χ4v) is 1.87. The Labute approximate surface area is 121 Å². The molecular formula is C15H14N2O4. The normalized spacial score (nSPS) is 9.95. The van der Waals surface area contributed by atoms with Crippen LogP contribution in [-0.4, -0.2) is 24.2 Å². The van der Waals surface area contributed by atoms with Crippen molar-refractivity contribution in [2.45, 2.75) is 0 Å². The average molecular weight is 286 g/mol. The lowest BCUT2D eigenvalue weighted by Crippen LogP contribution is -2.31. The number of methoxy groups -OCH3 is 1. The van der Waals surface area contributed by atoms with Crippen LogP contribution in [0.1, 0.15) is 0 Å². The van der Waals surface area contributed by atoms with Crippen LogP contribution in [0.4, 0.5) is 10.5 Å². The van der Waals surface area contributed by atoms with Gasteiger partial charge in [-0.15, -0.1) is 0 Å². The van der Waals surface area contributed by atoms with Crippen molar-refractivity contribution in [2.75, 3.05) is 12.4 Å². The van der Waals surface area contributed by atoms with Crippen LogP contribution in [0.25, 0.3) is 10.8 Å². The van der Waals surface area contributed by atoms with Gasteiger partial charge < -0.3 is 20.5 Å². The lowest BCUT2D eigenvalue weighted by molar-refractivity contribution is -0.136. The van der Waals surface area contributed by atoms with Gasteiger partial charge in [0.2, 0.25) is 0 Å². The van der Waals surface area contributed by atoms with Crippen LogP contribution in [0.15, 0.2) is 48.7 Å². The summed E-state index contributed by atoms with van der Waals surface area (Å²) in [7, 11) is 1.20. The minimum Gasteiger partial charge on any atom is -0.507 e. The largest absolute Gasteiger partial charge is 0.507 e. The van der Waals surface area contributed by atoms with Crippen molar-refractivity contribution in [3.05, 3.63) is 48.7 Å². The summed E-state index contributed by atoms with van der Waals surface area (Å²) < 4.78 is 4.44. The minimum atomic E-state index is -0.722. The molecule has 0 unspecified atom stereocenters. The predicted octanol–water partition coefficient (Wildman–Crippen LogP) is 2.35. The molecule has 0 spiro atoms. The van der Waals surface area contributed by atoms with Crippen LogP contribution >= 0.6 is 0 Å². The van der Waals surface area contributed by atoms with Gasteiger partial charge in [0.05, 0.1) is 12.8 Å². The summed E-state index contributed by atoms with van der Waals surface area (Å²) in [5.41, 5.74) is 0.330. The van der Waals surface area contributed by atoms with Crippen molar-refractivity contribution in [1.29, 1.82) is 0 Å². The summed E-state index contributed by atoms with van der Waals surface area (Å²) in [5.74, 6) is -0.601. The molecule has 2 aromatic carbocycles. The van der Waals surface area contributed by atoms with Crippen LogP contribution in [0.2, 0.25) is 0 Å². The smallest absolute Gasteiger partial charge is 0.353 e. The predicted molar refractivity (Wildman–Crippen MR) is 78.9 cm³/mol. The first-order valence-electron chi connectivity index (χ1n) is 6.09. The molecule has 6 nitrogen and oxygen atoms in total. The second-order valence-corrected chi connectivity index (χ2v) is 4.23. The number of esters is 1. The van der Waals surface area contributed by atoms with Crippen molar-refractivity contribution in [3.63, 3.8) is 0 Å². The van der Waals surface area contributed by atoms with E-state index in [-0.39, 0.29) is 11.4 Å². The number of urea groups is 1. The van der Waals surface area contributed by atoms with Crippen LogP contribution in [0, 0.1) is 0 Å². The van der Waals surface area contributed by atoms with Gasteiger partial charge in [0.25, 0.3) is 0 Å². The fourth-order valence-electron chi connectivity index (χ4n) is 1.87. The van der Waals surface area contributed by atoms with Gasteiger partial charge >= 0.3 is 12.0 Å². The van der Waals surface area contributed by atoms with Crippen molar-refractivity contribution in [3.8, 4) is 5.75 Å². The summed E-state index contributed by atoms with van der Waals surface area (Å²) in [6.45, 7) is 3.40. The molecule has 0 aliphatic heterocycles. The number of hydrogen-bond acceptors (Lipinski definition) is 4. The van der Waals surface area contributed by atoms with Gasteiger partial charge in [-0.1, -0.05) is 30.8 Å². The zero-order valence-corrected chi connectivity index (χ0v) is 11.3. The number of hydrogen-bond donors (Lipinski definition) is 3. The Balaban J connectivity index is 2.20. The summed E-state index contributed by atoms with van der Waals surface area (Å²) in [6.07, 6.45) is 0. The molecule has 0 radical (unpaired) electrons. The molecule has 0 bridgehead atoms. The lowest BCUT2D eigenvalue weighted by atomic mass is 10.1. The van der Waals surface area contributed by atoms with Crippen LogP contribution in [0.5, 0.6) is 5.75 Å². The topological polar surface area (TPSA) is 87.7 Å². The molecule has 2 aromatic rings. The van der Waals surface area contributed by atoms with Crippen molar-refractivity contribution in [2.24, 2.45) is 0 Å². The van der Waals surface area contributed by atoms with E-state index in [9.17, 15) is 14.7 Å². The molecule has 0 aliphatic rings. The van der Waals surface area contributed by atoms with E-state index in [2.05, 4.69) is 21.9 Å². The lowest BCUT2D eigenvalue weighted by Gasteiger charge is -2.11. The Morgan fingerprint density at radius 2 is 1.81 bits per heavy atom. The molecule has 0 saturated heterocycles. The Morgan fingerprint density at radius 3 is 2.52 bits per heavy atom. The number of carbonyl (C=O) groups is 2. The van der Waals surface area contributed by atoms with Gasteiger partial charge in [-0.2, -0.15) is 0 Å². The molecule has 2 amide bonds. The Hall–Kier alpha value is -3.02. The molecule has 3 N–H and O–H groups in total. The molecule has 0 fully saturated rings. The first-order chi connectivity index (χ1) is 10.0. The van der Waals surface area contributed by atoms with Crippen LogP contribution < -0.4 is 10.6 Å². The zero-order valence-electron chi connectivity index (χ0n) is 11.3. The standard InChI is InChI=1S/C15H14N2O4/c1-9(14(19)21-2)16-15(20)17-12-7-3-6-11-10(12)5-4-8-13(11)18/h3-8,18H,1H2,2H3,(H2,16,17,20). The highest BCUT2D eigenvalue weighted by Crippen LogP contribution is 2.29. The average Bonchev–Trinajstić information content (AvgIpc) is 2.47. The zero-order chi connectivity index (χ0) is 15.4. The minimum absolute atomic E-state index is 0.121. The molecule has 0 aromatic heterocycles. The third-order valence-electron chi connectivity index (χ3n) is 2.84. The van der Waals surface area contributed by atoms with Crippen molar-refractivity contribution >= 4 is 28.5 Å². The van der Waals surface area contributed by atoms with E-state index in [1.165, 1.54) is 7.11 Å². The summed E-state index contributed by atoms with van der Waals surface area (Å²) in [5, 5.41) is 15.9. The number of aromatic hydroxyl groups is 1. The number of nitrogens with one attached hydrogen (secondary N) is 2. The molecular weight excluding hydrogens is 272 g/mol. The fraction of sp³-hybridized carbons (Fsp3) is 0.0667. The maximum absolute atomic E-state index is 11.8. The number of anilines is 1. The third-order valence-corrected chi connectivity index (χ3v) is 2.84. The molecule has 108 valence electrons. The van der Waals surface area contributed by atoms with E-state index < -0.39 is 12.0 Å². The number of phenolic OH excluding ortho intramolecular Hbond substituents is 1. The molecule has 0 saturated carbocycles. The molecule has 0 atom stereocenters. The maximum Gasteiger partial charge on any atom is 0.353 e. The number of fused-ring (bicyclic) bond motifs is 1. The molecule has 0 heterocycles. The number of phenols is 1. The summed E-state index contributed by atoms with van der Waals surface area (Å²) in [4.78, 5) is 23.0. The molecule has 0 aliphatic carbocycles. The number of carbonyl (C=O) groups excluding carboxylic acids is 2. The quantitative estimate of drug-likeness (QED) is 0.597. The number of amides is 2. The van der Waals surface area contributed by atoms with E-state index >= 15 is 0 Å². The molecule has 6 heteroatoms. The first kappa shape index (κ1) is 14.4. The third kappa shape index (κ3) is 3.11. The van der Waals surface area contributed by atoms with E-state index in [1.54, 1.807) is 36.4 Å². The van der Waals surface area contributed by atoms with Crippen LogP contribution in [0.3, 0.4) is 0 Å². The highest BCUT2D eigenvalue weighted by Gasteiger charge is 2.12. The van der Waals surface area contributed by atoms with Gasteiger partial charge in [-0.05, 0) is 12.1 Å². The van der Waals surface area contributed by atoms with Gasteiger partial charge in [-0.3, -0.25) is 0 Å². The Morgan fingerprint density at radius 1 is 1.14 bits per heavy atom. The number of rotatable bonds is 3. The Bertz CT molecular complexity index is 725. The maximum atomic E-state index is 11.8. The molecule has 2 rings (SSSR count). The van der Waals surface area contributed by atoms with E-state index in [1.807, 2.05) is 0 Å². The second kappa shape index (κ2) is 5.96. The summed E-state index contributed by atoms with van der Waals surface area (Å²) >= 11 is 0. The van der Waals surface area contributed by atoms with E-state index in [4.69, 9.17) is 0 Å².